The molecule has 0 aromatic heterocycles. The first-order chi connectivity index (χ1) is 10.0. The standard InChI is InChI=1S/C16H25NO3S/c17-10-9-16(18)14-7-4-8-15(11-14)21(19,20)12-13-5-2-1-3-6-13/h4,7-8,11,13,16,18H,1-3,5-6,9-10,12,17H2. The van der Waals surface area contributed by atoms with Gasteiger partial charge in [0.25, 0.3) is 0 Å². The van der Waals surface area contributed by atoms with Crippen LogP contribution in [0.25, 0.3) is 0 Å². The summed E-state index contributed by atoms with van der Waals surface area (Å²) in [5, 5.41) is 9.96. The van der Waals surface area contributed by atoms with Crippen LogP contribution in [0.5, 0.6) is 0 Å². The van der Waals surface area contributed by atoms with Gasteiger partial charge in [-0.15, -0.1) is 0 Å². The minimum Gasteiger partial charge on any atom is -0.388 e. The predicted octanol–water partition coefficient (Wildman–Crippen LogP) is 2.42. The van der Waals surface area contributed by atoms with Gasteiger partial charge in [0.15, 0.2) is 9.84 Å². The summed E-state index contributed by atoms with van der Waals surface area (Å²) in [5.41, 5.74) is 6.07. The van der Waals surface area contributed by atoms with Crippen molar-refractivity contribution in [2.45, 2.75) is 49.5 Å². The number of sulfone groups is 1. The molecule has 0 saturated heterocycles. The number of aliphatic hydroxyl groups is 1. The zero-order valence-electron chi connectivity index (χ0n) is 12.4. The maximum atomic E-state index is 12.5. The van der Waals surface area contributed by atoms with Crippen LogP contribution in [0, 0.1) is 5.92 Å². The summed E-state index contributed by atoms with van der Waals surface area (Å²) in [5.74, 6) is 0.505. The third-order valence-corrected chi connectivity index (χ3v) is 6.10. The second kappa shape index (κ2) is 7.38. The molecule has 0 amide bonds. The predicted molar refractivity (Wildman–Crippen MR) is 83.7 cm³/mol. The molecule has 1 aliphatic carbocycles. The van der Waals surface area contributed by atoms with E-state index in [4.69, 9.17) is 5.73 Å². The fourth-order valence-corrected chi connectivity index (χ4v) is 4.75. The molecular formula is C16H25NO3S. The Morgan fingerprint density at radius 2 is 1.95 bits per heavy atom. The molecule has 1 aromatic rings. The SMILES string of the molecule is NCCC(O)c1cccc(S(=O)(=O)CC2CCCCC2)c1. The Morgan fingerprint density at radius 1 is 1.24 bits per heavy atom. The summed E-state index contributed by atoms with van der Waals surface area (Å²) >= 11 is 0. The van der Waals surface area contributed by atoms with Crippen molar-refractivity contribution in [3.05, 3.63) is 29.8 Å². The van der Waals surface area contributed by atoms with Gasteiger partial charge in [0.1, 0.15) is 0 Å². The molecule has 4 nitrogen and oxygen atoms in total. The molecule has 0 radical (unpaired) electrons. The van der Waals surface area contributed by atoms with E-state index in [2.05, 4.69) is 0 Å². The minimum absolute atomic E-state index is 0.226. The lowest BCUT2D eigenvalue weighted by molar-refractivity contribution is 0.170. The van der Waals surface area contributed by atoms with Crippen LogP contribution in [0.2, 0.25) is 0 Å². The van der Waals surface area contributed by atoms with E-state index in [1.54, 1.807) is 24.3 Å². The molecule has 1 saturated carbocycles. The highest BCUT2D eigenvalue weighted by Crippen LogP contribution is 2.28. The van der Waals surface area contributed by atoms with E-state index in [0.29, 0.717) is 23.4 Å². The van der Waals surface area contributed by atoms with Gasteiger partial charge in [-0.05, 0) is 49.4 Å². The van der Waals surface area contributed by atoms with Gasteiger partial charge in [-0.25, -0.2) is 8.42 Å². The van der Waals surface area contributed by atoms with Gasteiger partial charge < -0.3 is 10.8 Å². The lowest BCUT2D eigenvalue weighted by atomic mass is 9.91. The number of hydrogen-bond acceptors (Lipinski definition) is 4. The first-order valence-electron chi connectivity index (χ1n) is 7.74. The smallest absolute Gasteiger partial charge is 0.178 e. The lowest BCUT2D eigenvalue weighted by Crippen LogP contribution is -2.19. The topological polar surface area (TPSA) is 80.4 Å². The first kappa shape index (κ1) is 16.5. The molecule has 1 unspecified atom stereocenters. The van der Waals surface area contributed by atoms with E-state index >= 15 is 0 Å². The van der Waals surface area contributed by atoms with Crippen LogP contribution in [0.1, 0.15) is 50.2 Å². The summed E-state index contributed by atoms with van der Waals surface area (Å²) in [6.07, 6.45) is 5.25. The maximum Gasteiger partial charge on any atom is 0.178 e. The van der Waals surface area contributed by atoms with Crippen molar-refractivity contribution < 1.29 is 13.5 Å². The van der Waals surface area contributed by atoms with E-state index in [9.17, 15) is 13.5 Å². The van der Waals surface area contributed by atoms with Crippen LogP contribution in [-0.2, 0) is 9.84 Å². The van der Waals surface area contributed by atoms with Crippen molar-refractivity contribution in [3.8, 4) is 0 Å². The third kappa shape index (κ3) is 4.53. The largest absolute Gasteiger partial charge is 0.388 e. The number of benzene rings is 1. The first-order valence-corrected chi connectivity index (χ1v) is 9.39. The fraction of sp³-hybridized carbons (Fsp3) is 0.625. The van der Waals surface area contributed by atoms with Gasteiger partial charge in [-0.3, -0.25) is 0 Å². The van der Waals surface area contributed by atoms with Crippen molar-refractivity contribution in [3.63, 3.8) is 0 Å². The van der Waals surface area contributed by atoms with Crippen molar-refractivity contribution >= 4 is 9.84 Å². The van der Waals surface area contributed by atoms with Gasteiger partial charge >= 0.3 is 0 Å². The quantitative estimate of drug-likeness (QED) is 0.845. The molecule has 2 rings (SSSR count). The normalized spacial score (nSPS) is 18.6. The van der Waals surface area contributed by atoms with Crippen molar-refractivity contribution in [1.82, 2.24) is 0 Å². The van der Waals surface area contributed by atoms with Crippen LogP contribution < -0.4 is 5.73 Å². The van der Waals surface area contributed by atoms with E-state index in [1.165, 1.54) is 6.42 Å². The van der Waals surface area contributed by atoms with Crippen LogP contribution in [0.4, 0.5) is 0 Å². The summed E-state index contributed by atoms with van der Waals surface area (Å²) in [6.45, 7) is 0.375. The molecule has 5 heteroatoms. The van der Waals surface area contributed by atoms with Crippen LogP contribution in [0.15, 0.2) is 29.2 Å². The van der Waals surface area contributed by atoms with E-state index in [1.807, 2.05) is 0 Å². The molecule has 21 heavy (non-hydrogen) atoms. The van der Waals surface area contributed by atoms with Crippen LogP contribution in [-0.4, -0.2) is 25.8 Å². The third-order valence-electron chi connectivity index (χ3n) is 4.22. The number of hydrogen-bond donors (Lipinski definition) is 2. The summed E-state index contributed by atoms with van der Waals surface area (Å²) in [4.78, 5) is 0.321. The van der Waals surface area contributed by atoms with E-state index < -0.39 is 15.9 Å². The Balaban J connectivity index is 2.13. The van der Waals surface area contributed by atoms with Gasteiger partial charge in [-0.2, -0.15) is 0 Å². The zero-order valence-corrected chi connectivity index (χ0v) is 13.2. The molecule has 3 N–H and O–H groups in total. The average Bonchev–Trinajstić information content (AvgIpc) is 2.48. The second-order valence-electron chi connectivity index (χ2n) is 5.95. The molecule has 1 fully saturated rings. The lowest BCUT2D eigenvalue weighted by Gasteiger charge is -2.21. The van der Waals surface area contributed by atoms with Crippen molar-refractivity contribution in [1.29, 1.82) is 0 Å². The summed E-state index contributed by atoms with van der Waals surface area (Å²) < 4.78 is 25.1. The molecule has 118 valence electrons. The molecule has 0 bridgehead atoms. The Labute approximate surface area is 127 Å². The average molecular weight is 311 g/mol. The number of aliphatic hydroxyl groups excluding tert-OH is 1. The molecular weight excluding hydrogens is 286 g/mol. The Bertz CT molecular complexity index is 550. The molecule has 0 spiro atoms. The molecule has 1 atom stereocenters. The van der Waals surface area contributed by atoms with Crippen molar-refractivity contribution in [2.24, 2.45) is 11.7 Å². The zero-order chi connectivity index (χ0) is 15.3. The van der Waals surface area contributed by atoms with Gasteiger partial charge in [0.05, 0.1) is 16.8 Å². The second-order valence-corrected chi connectivity index (χ2v) is 7.99. The molecule has 1 aliphatic rings. The Kier molecular flexibility index (Phi) is 5.79. The Morgan fingerprint density at radius 3 is 2.62 bits per heavy atom. The van der Waals surface area contributed by atoms with Gasteiger partial charge in [-0.1, -0.05) is 31.4 Å². The fourth-order valence-electron chi connectivity index (χ4n) is 3.00. The van der Waals surface area contributed by atoms with Crippen LogP contribution >= 0.6 is 0 Å². The highest BCUT2D eigenvalue weighted by Gasteiger charge is 2.23. The van der Waals surface area contributed by atoms with E-state index in [-0.39, 0.29) is 11.7 Å². The van der Waals surface area contributed by atoms with Crippen LogP contribution in [0.3, 0.4) is 0 Å². The molecule has 0 heterocycles. The van der Waals surface area contributed by atoms with E-state index in [0.717, 1.165) is 25.7 Å². The highest BCUT2D eigenvalue weighted by molar-refractivity contribution is 7.91. The Hall–Kier alpha value is -0.910. The maximum absolute atomic E-state index is 12.5. The molecule has 0 aliphatic heterocycles. The minimum atomic E-state index is -3.27. The van der Waals surface area contributed by atoms with Gasteiger partial charge in [0.2, 0.25) is 0 Å². The summed E-state index contributed by atoms with van der Waals surface area (Å²) in [6, 6.07) is 6.66. The summed E-state index contributed by atoms with van der Waals surface area (Å²) in [7, 11) is -3.27. The molecule has 1 aromatic carbocycles. The number of rotatable bonds is 6. The highest BCUT2D eigenvalue weighted by atomic mass is 32.2. The number of nitrogens with two attached hydrogens (primary N) is 1. The van der Waals surface area contributed by atoms with Gasteiger partial charge in [0, 0.05) is 0 Å². The monoisotopic (exact) mass is 311 g/mol. The van der Waals surface area contributed by atoms with Crippen molar-refractivity contribution in [2.75, 3.05) is 12.3 Å².